The van der Waals surface area contributed by atoms with Crippen LogP contribution in [0.5, 0.6) is 0 Å². The molecular formula is C12H16N2O4S. The van der Waals surface area contributed by atoms with Crippen LogP contribution >= 0.6 is 11.3 Å². The molecular weight excluding hydrogens is 268 g/mol. The van der Waals surface area contributed by atoms with Crippen LogP contribution in [-0.4, -0.2) is 42.6 Å². The maximum Gasteiger partial charge on any atom is 0.358 e. The number of aromatic nitrogens is 1. The van der Waals surface area contributed by atoms with Gasteiger partial charge in [-0.15, -0.1) is 0 Å². The second-order valence-electron chi connectivity index (χ2n) is 4.36. The molecule has 0 radical (unpaired) electrons. The number of carbonyl (C=O) groups excluding carboxylic acids is 2. The lowest BCUT2D eigenvalue weighted by atomic mass is 10.2. The maximum absolute atomic E-state index is 11.6. The molecule has 7 heteroatoms. The Morgan fingerprint density at radius 1 is 1.53 bits per heavy atom. The Labute approximate surface area is 115 Å². The van der Waals surface area contributed by atoms with Crippen molar-refractivity contribution in [2.45, 2.75) is 32.4 Å². The number of Topliss-reactive ketones (excluding diaryl/α,β-unsaturated/α-hetero) is 1. The van der Waals surface area contributed by atoms with Crippen molar-refractivity contribution in [1.29, 1.82) is 0 Å². The molecule has 1 aliphatic heterocycles. The van der Waals surface area contributed by atoms with E-state index in [1.807, 2.05) is 6.92 Å². The highest BCUT2D eigenvalue weighted by Crippen LogP contribution is 2.27. The lowest BCUT2D eigenvalue weighted by Crippen LogP contribution is -2.26. The molecule has 0 bridgehead atoms. The van der Waals surface area contributed by atoms with Crippen molar-refractivity contribution in [3.05, 3.63) is 10.6 Å². The Kier molecular flexibility index (Phi) is 4.16. The standard InChI is InChI=1S/C12H16N2O4S/c1-6(15)10-9(11(16)17-3)14-12(19-10)13-8-4-5-18-7(8)2/h7-8H,4-5H2,1-3H3,(H,13,14). The normalized spacial score (nSPS) is 22.3. The van der Waals surface area contributed by atoms with Crippen LogP contribution in [0.4, 0.5) is 5.13 Å². The highest BCUT2D eigenvalue weighted by Gasteiger charge is 2.27. The highest BCUT2D eigenvalue weighted by atomic mass is 32.1. The molecule has 2 unspecified atom stereocenters. The number of ketones is 1. The number of hydrogen-bond donors (Lipinski definition) is 1. The third-order valence-corrected chi connectivity index (χ3v) is 4.10. The second-order valence-corrected chi connectivity index (χ2v) is 5.36. The van der Waals surface area contributed by atoms with Crippen LogP contribution in [0.3, 0.4) is 0 Å². The van der Waals surface area contributed by atoms with Gasteiger partial charge in [-0.3, -0.25) is 4.79 Å². The molecule has 2 rings (SSSR count). The van der Waals surface area contributed by atoms with Gasteiger partial charge in [0.1, 0.15) is 4.88 Å². The molecule has 1 saturated heterocycles. The van der Waals surface area contributed by atoms with Crippen LogP contribution in [0.15, 0.2) is 0 Å². The quantitative estimate of drug-likeness (QED) is 0.670. The summed E-state index contributed by atoms with van der Waals surface area (Å²) in [5.41, 5.74) is 0.0778. The van der Waals surface area contributed by atoms with E-state index in [9.17, 15) is 9.59 Å². The minimum atomic E-state index is -0.592. The van der Waals surface area contributed by atoms with Gasteiger partial charge in [0.2, 0.25) is 0 Å². The summed E-state index contributed by atoms with van der Waals surface area (Å²) in [4.78, 5) is 27.6. The number of rotatable bonds is 4. The van der Waals surface area contributed by atoms with Gasteiger partial charge in [0.05, 0.1) is 19.3 Å². The third kappa shape index (κ3) is 2.93. The van der Waals surface area contributed by atoms with E-state index < -0.39 is 5.97 Å². The van der Waals surface area contributed by atoms with Crippen molar-refractivity contribution in [3.8, 4) is 0 Å². The summed E-state index contributed by atoms with van der Waals surface area (Å²) in [5, 5.41) is 3.76. The van der Waals surface area contributed by atoms with Crippen molar-refractivity contribution < 1.29 is 19.1 Å². The van der Waals surface area contributed by atoms with Gasteiger partial charge in [-0.05, 0) is 13.3 Å². The van der Waals surface area contributed by atoms with Gasteiger partial charge in [-0.1, -0.05) is 11.3 Å². The SMILES string of the molecule is COC(=O)c1nc(NC2CCOC2C)sc1C(C)=O. The molecule has 1 aromatic heterocycles. The van der Waals surface area contributed by atoms with Crippen LogP contribution in [-0.2, 0) is 9.47 Å². The van der Waals surface area contributed by atoms with E-state index in [4.69, 9.17) is 4.74 Å². The van der Waals surface area contributed by atoms with Gasteiger partial charge in [0.25, 0.3) is 0 Å². The molecule has 104 valence electrons. The predicted octanol–water partition coefficient (Wildman–Crippen LogP) is 1.72. The number of thiazole rings is 1. The molecule has 0 aliphatic carbocycles. The highest BCUT2D eigenvalue weighted by molar-refractivity contribution is 7.17. The minimum Gasteiger partial charge on any atom is -0.464 e. The summed E-state index contributed by atoms with van der Waals surface area (Å²) < 4.78 is 10.1. The van der Waals surface area contributed by atoms with Crippen LogP contribution in [0, 0.1) is 0 Å². The summed E-state index contributed by atoms with van der Waals surface area (Å²) in [5.74, 6) is -0.785. The van der Waals surface area contributed by atoms with Crippen molar-refractivity contribution in [1.82, 2.24) is 4.98 Å². The second kappa shape index (κ2) is 5.66. The summed E-state index contributed by atoms with van der Waals surface area (Å²) in [6, 6.07) is 0.149. The van der Waals surface area contributed by atoms with E-state index >= 15 is 0 Å². The Morgan fingerprint density at radius 3 is 2.79 bits per heavy atom. The summed E-state index contributed by atoms with van der Waals surface area (Å²) >= 11 is 1.17. The van der Waals surface area contributed by atoms with E-state index in [-0.39, 0.29) is 23.6 Å². The summed E-state index contributed by atoms with van der Waals surface area (Å²) in [6.07, 6.45) is 0.968. The third-order valence-electron chi connectivity index (χ3n) is 3.01. The lowest BCUT2D eigenvalue weighted by molar-refractivity contribution is 0.0591. The molecule has 0 amide bonds. The topological polar surface area (TPSA) is 77.5 Å². The molecule has 1 aromatic rings. The molecule has 19 heavy (non-hydrogen) atoms. The van der Waals surface area contributed by atoms with Gasteiger partial charge < -0.3 is 14.8 Å². The fourth-order valence-electron chi connectivity index (χ4n) is 1.94. The average Bonchev–Trinajstić information content (AvgIpc) is 2.96. The van der Waals surface area contributed by atoms with Gasteiger partial charge in [-0.2, -0.15) is 0 Å². The van der Waals surface area contributed by atoms with Gasteiger partial charge in [0.15, 0.2) is 16.6 Å². The lowest BCUT2D eigenvalue weighted by Gasteiger charge is -2.14. The van der Waals surface area contributed by atoms with E-state index in [1.54, 1.807) is 0 Å². The molecule has 6 nitrogen and oxygen atoms in total. The first-order chi connectivity index (χ1) is 9.02. The Morgan fingerprint density at radius 2 is 2.26 bits per heavy atom. The predicted molar refractivity (Wildman–Crippen MR) is 70.9 cm³/mol. The van der Waals surface area contributed by atoms with Crippen LogP contribution in [0.2, 0.25) is 0 Å². The van der Waals surface area contributed by atoms with Crippen molar-refractivity contribution in [2.75, 3.05) is 19.0 Å². The zero-order chi connectivity index (χ0) is 14.0. The zero-order valence-corrected chi connectivity index (χ0v) is 11.9. The molecule has 0 saturated carbocycles. The number of hydrogen-bond acceptors (Lipinski definition) is 7. The molecule has 1 aliphatic rings. The van der Waals surface area contributed by atoms with Crippen LogP contribution < -0.4 is 5.32 Å². The number of esters is 1. The zero-order valence-electron chi connectivity index (χ0n) is 11.1. The first kappa shape index (κ1) is 14.0. The van der Waals surface area contributed by atoms with E-state index in [0.717, 1.165) is 6.42 Å². The smallest absolute Gasteiger partial charge is 0.358 e. The molecule has 1 fully saturated rings. The van der Waals surface area contributed by atoms with Gasteiger partial charge in [0, 0.05) is 13.5 Å². The summed E-state index contributed by atoms with van der Waals surface area (Å²) in [6.45, 7) is 4.09. The number of nitrogens with zero attached hydrogens (tertiary/aromatic N) is 1. The molecule has 2 atom stereocenters. The van der Waals surface area contributed by atoms with Gasteiger partial charge in [-0.25, -0.2) is 9.78 Å². The first-order valence-electron chi connectivity index (χ1n) is 6.01. The number of methoxy groups -OCH3 is 1. The van der Waals surface area contributed by atoms with E-state index in [2.05, 4.69) is 15.0 Å². The van der Waals surface area contributed by atoms with Crippen molar-refractivity contribution in [3.63, 3.8) is 0 Å². The number of ether oxygens (including phenoxy) is 2. The average molecular weight is 284 g/mol. The summed E-state index contributed by atoms with van der Waals surface area (Å²) in [7, 11) is 1.27. The molecule has 0 spiro atoms. The minimum absolute atomic E-state index is 0.0778. The monoisotopic (exact) mass is 284 g/mol. The fourth-order valence-corrected chi connectivity index (χ4v) is 2.85. The first-order valence-corrected chi connectivity index (χ1v) is 6.82. The number of carbonyl (C=O) groups is 2. The van der Waals surface area contributed by atoms with Crippen LogP contribution in [0.1, 0.15) is 40.4 Å². The Hall–Kier alpha value is -1.47. The maximum atomic E-state index is 11.6. The largest absolute Gasteiger partial charge is 0.464 e. The Balaban J connectivity index is 2.22. The number of anilines is 1. The molecule has 2 heterocycles. The van der Waals surface area contributed by atoms with E-state index in [1.165, 1.54) is 25.4 Å². The van der Waals surface area contributed by atoms with Crippen molar-refractivity contribution >= 4 is 28.2 Å². The van der Waals surface area contributed by atoms with Crippen molar-refractivity contribution in [2.24, 2.45) is 0 Å². The molecule has 0 aromatic carbocycles. The molecule has 1 N–H and O–H groups in total. The van der Waals surface area contributed by atoms with Gasteiger partial charge >= 0.3 is 5.97 Å². The Bertz CT molecular complexity index is 500. The van der Waals surface area contributed by atoms with E-state index in [0.29, 0.717) is 16.6 Å². The number of nitrogens with one attached hydrogen (secondary N) is 1. The fraction of sp³-hybridized carbons (Fsp3) is 0.583. The van der Waals surface area contributed by atoms with Crippen LogP contribution in [0.25, 0.3) is 0 Å².